The van der Waals surface area contributed by atoms with Crippen molar-refractivity contribution in [1.29, 1.82) is 0 Å². The molecule has 3 atom stereocenters. The quantitative estimate of drug-likeness (QED) is 0.449. The first-order valence-corrected chi connectivity index (χ1v) is 10.2. The Bertz CT molecular complexity index is 489. The Morgan fingerprint density at radius 3 is 2.25 bits per heavy atom. The number of aryl methyl sites for hydroxylation is 1. The van der Waals surface area contributed by atoms with Crippen LogP contribution in [-0.2, 0) is 12.8 Å². The molecule has 138 valence electrons. The van der Waals surface area contributed by atoms with E-state index in [0.717, 1.165) is 24.7 Å². The van der Waals surface area contributed by atoms with Crippen molar-refractivity contribution in [2.24, 2.45) is 23.2 Å². The van der Waals surface area contributed by atoms with Crippen molar-refractivity contribution in [2.75, 3.05) is 0 Å². The zero-order chi connectivity index (χ0) is 18.3. The van der Waals surface area contributed by atoms with E-state index in [4.69, 9.17) is 4.98 Å². The number of hydrogen-bond acceptors (Lipinski definition) is 1. The molecule has 1 rings (SSSR count). The largest absolute Gasteiger partial charge is 0.258 e. The molecule has 0 spiro atoms. The van der Waals surface area contributed by atoms with Crippen molar-refractivity contribution in [3.05, 3.63) is 29.1 Å². The number of aromatic nitrogens is 1. The zero-order valence-corrected chi connectivity index (χ0v) is 17.6. The molecule has 0 aromatic carbocycles. The summed E-state index contributed by atoms with van der Waals surface area (Å²) in [5.74, 6) is 2.21. The smallest absolute Gasteiger partial charge is 0.0438 e. The lowest BCUT2D eigenvalue weighted by molar-refractivity contribution is 0.219. The molecule has 0 bridgehead atoms. The Morgan fingerprint density at radius 2 is 1.71 bits per heavy atom. The van der Waals surface area contributed by atoms with Gasteiger partial charge in [-0.15, -0.1) is 0 Å². The Hall–Kier alpha value is -0.850. The third kappa shape index (κ3) is 5.90. The van der Waals surface area contributed by atoms with Crippen molar-refractivity contribution < 1.29 is 0 Å². The van der Waals surface area contributed by atoms with Crippen LogP contribution in [-0.4, -0.2) is 4.98 Å². The van der Waals surface area contributed by atoms with Gasteiger partial charge in [0.1, 0.15) is 0 Å². The lowest BCUT2D eigenvalue weighted by Crippen LogP contribution is -2.23. The summed E-state index contributed by atoms with van der Waals surface area (Å²) in [6.07, 6.45) is 7.37. The molecule has 0 amide bonds. The fraction of sp³-hybridized carbons (Fsp3) is 0.783. The summed E-state index contributed by atoms with van der Waals surface area (Å²) in [5, 5.41) is 0. The fourth-order valence-electron chi connectivity index (χ4n) is 3.61. The Labute approximate surface area is 151 Å². The molecule has 0 aliphatic carbocycles. The van der Waals surface area contributed by atoms with Crippen LogP contribution in [0.4, 0.5) is 0 Å². The van der Waals surface area contributed by atoms with Gasteiger partial charge in [0.05, 0.1) is 0 Å². The maximum Gasteiger partial charge on any atom is 0.0438 e. The number of hydrogen-bond donors (Lipinski definition) is 0. The van der Waals surface area contributed by atoms with E-state index in [9.17, 15) is 0 Å². The van der Waals surface area contributed by atoms with E-state index in [1.54, 1.807) is 0 Å². The summed E-state index contributed by atoms with van der Waals surface area (Å²) < 4.78 is 0. The average Bonchev–Trinajstić information content (AvgIpc) is 2.55. The third-order valence-electron chi connectivity index (χ3n) is 6.52. The molecule has 1 aromatic rings. The van der Waals surface area contributed by atoms with Gasteiger partial charge in [-0.25, -0.2) is 0 Å². The van der Waals surface area contributed by atoms with Gasteiger partial charge in [0.2, 0.25) is 0 Å². The summed E-state index contributed by atoms with van der Waals surface area (Å²) in [7, 11) is 0. The van der Waals surface area contributed by atoms with Gasteiger partial charge >= 0.3 is 0 Å². The minimum atomic E-state index is 0.383. The summed E-state index contributed by atoms with van der Waals surface area (Å²) in [4.78, 5) is 5.08. The molecule has 3 unspecified atom stereocenters. The molecule has 1 heterocycles. The van der Waals surface area contributed by atoms with Gasteiger partial charge in [0, 0.05) is 11.4 Å². The van der Waals surface area contributed by atoms with E-state index in [2.05, 4.69) is 67.5 Å². The van der Waals surface area contributed by atoms with Gasteiger partial charge in [0.25, 0.3) is 0 Å². The number of pyridine rings is 1. The summed E-state index contributed by atoms with van der Waals surface area (Å²) in [6, 6.07) is 4.53. The Morgan fingerprint density at radius 1 is 1.04 bits per heavy atom. The van der Waals surface area contributed by atoms with Crippen LogP contribution < -0.4 is 0 Å². The number of nitrogens with zero attached hydrogens (tertiary/aromatic N) is 1. The minimum Gasteiger partial charge on any atom is -0.258 e. The molecule has 24 heavy (non-hydrogen) atoms. The topological polar surface area (TPSA) is 12.9 Å². The molecular weight excluding hydrogens is 290 g/mol. The minimum absolute atomic E-state index is 0.383. The molecule has 1 nitrogen and oxygen atoms in total. The van der Waals surface area contributed by atoms with Gasteiger partial charge in [-0.1, -0.05) is 80.2 Å². The van der Waals surface area contributed by atoms with E-state index in [0.29, 0.717) is 11.3 Å². The van der Waals surface area contributed by atoms with Crippen LogP contribution in [0.15, 0.2) is 12.1 Å². The van der Waals surface area contributed by atoms with Gasteiger partial charge in [-0.3, -0.25) is 4.98 Å². The highest BCUT2D eigenvalue weighted by molar-refractivity contribution is 5.22. The molecule has 0 saturated heterocycles. The van der Waals surface area contributed by atoms with Crippen LogP contribution in [0, 0.1) is 30.1 Å². The third-order valence-corrected chi connectivity index (χ3v) is 6.52. The standard InChI is InChI=1S/C23H41N/c1-9-12-20(10-2)18(5)15-22-17(4)13-14-21(24-22)16-19(6)23(7,8)11-3/h13-14,18-20H,9-12,15-16H2,1-8H3. The van der Waals surface area contributed by atoms with Crippen molar-refractivity contribution in [3.63, 3.8) is 0 Å². The van der Waals surface area contributed by atoms with Gasteiger partial charge < -0.3 is 0 Å². The Kier molecular flexibility index (Phi) is 8.46. The van der Waals surface area contributed by atoms with Crippen molar-refractivity contribution >= 4 is 0 Å². The zero-order valence-electron chi connectivity index (χ0n) is 17.6. The first-order chi connectivity index (χ1) is 11.2. The predicted molar refractivity (Wildman–Crippen MR) is 107 cm³/mol. The molecule has 0 radical (unpaired) electrons. The van der Waals surface area contributed by atoms with Crippen LogP contribution in [0.2, 0.25) is 0 Å². The molecular formula is C23H41N. The predicted octanol–water partition coefficient (Wildman–Crippen LogP) is 7.01. The van der Waals surface area contributed by atoms with E-state index in [-0.39, 0.29) is 0 Å². The van der Waals surface area contributed by atoms with E-state index in [1.165, 1.54) is 42.6 Å². The summed E-state index contributed by atoms with van der Waals surface area (Å²) in [5.41, 5.74) is 4.35. The van der Waals surface area contributed by atoms with Gasteiger partial charge in [-0.2, -0.15) is 0 Å². The fourth-order valence-corrected chi connectivity index (χ4v) is 3.61. The monoisotopic (exact) mass is 331 g/mol. The van der Waals surface area contributed by atoms with Gasteiger partial charge in [0.15, 0.2) is 0 Å². The Balaban J connectivity index is 2.86. The normalized spacial score (nSPS) is 16.0. The molecule has 0 aliphatic rings. The van der Waals surface area contributed by atoms with Crippen LogP contribution in [0.25, 0.3) is 0 Å². The lowest BCUT2D eigenvalue weighted by atomic mass is 9.75. The lowest BCUT2D eigenvalue weighted by Gasteiger charge is -2.30. The first kappa shape index (κ1) is 21.2. The first-order valence-electron chi connectivity index (χ1n) is 10.2. The van der Waals surface area contributed by atoms with Crippen molar-refractivity contribution in [3.8, 4) is 0 Å². The summed E-state index contributed by atoms with van der Waals surface area (Å²) in [6.45, 7) is 18.7. The highest BCUT2D eigenvalue weighted by atomic mass is 14.7. The van der Waals surface area contributed by atoms with E-state index < -0.39 is 0 Å². The van der Waals surface area contributed by atoms with Crippen LogP contribution >= 0.6 is 0 Å². The van der Waals surface area contributed by atoms with E-state index >= 15 is 0 Å². The highest BCUT2D eigenvalue weighted by Crippen LogP contribution is 2.32. The SMILES string of the molecule is CCCC(CC)C(C)Cc1nc(CC(C)C(C)(C)CC)ccc1C. The van der Waals surface area contributed by atoms with Crippen LogP contribution in [0.3, 0.4) is 0 Å². The average molecular weight is 332 g/mol. The molecule has 0 aliphatic heterocycles. The second kappa shape index (κ2) is 9.59. The molecule has 1 aromatic heterocycles. The number of rotatable bonds is 10. The molecule has 0 saturated carbocycles. The summed E-state index contributed by atoms with van der Waals surface area (Å²) >= 11 is 0. The van der Waals surface area contributed by atoms with Crippen LogP contribution in [0.1, 0.15) is 91.1 Å². The second-order valence-corrected chi connectivity index (χ2v) is 8.65. The highest BCUT2D eigenvalue weighted by Gasteiger charge is 2.24. The maximum absolute atomic E-state index is 5.08. The molecule has 1 heteroatoms. The van der Waals surface area contributed by atoms with Crippen molar-refractivity contribution in [2.45, 2.75) is 93.9 Å². The van der Waals surface area contributed by atoms with Crippen molar-refractivity contribution in [1.82, 2.24) is 4.98 Å². The second-order valence-electron chi connectivity index (χ2n) is 8.65. The molecule has 0 N–H and O–H groups in total. The van der Waals surface area contributed by atoms with E-state index in [1.807, 2.05) is 0 Å². The van der Waals surface area contributed by atoms with Gasteiger partial charge in [-0.05, 0) is 54.6 Å². The molecule has 0 fully saturated rings. The maximum atomic E-state index is 5.08. The van der Waals surface area contributed by atoms with Crippen LogP contribution in [0.5, 0.6) is 0 Å².